The molecule has 27 heavy (non-hydrogen) atoms. The number of aromatic nitrogens is 3. The minimum atomic E-state index is -0.161. The number of amides is 1. The quantitative estimate of drug-likeness (QED) is 0.673. The molecule has 0 aliphatic rings. The van der Waals surface area contributed by atoms with Gasteiger partial charge in [-0.25, -0.2) is 9.67 Å². The summed E-state index contributed by atoms with van der Waals surface area (Å²) in [6.07, 6.45) is 1.71. The van der Waals surface area contributed by atoms with Crippen molar-refractivity contribution in [2.45, 2.75) is 32.9 Å². The third kappa shape index (κ3) is 4.77. The first-order chi connectivity index (χ1) is 12.0. The van der Waals surface area contributed by atoms with E-state index in [4.69, 9.17) is 10.7 Å². The molecule has 0 aliphatic heterocycles. The predicted molar refractivity (Wildman–Crippen MR) is 114 cm³/mol. The summed E-state index contributed by atoms with van der Waals surface area (Å²) in [4.78, 5) is 17.5. The molecule has 0 bridgehead atoms. The van der Waals surface area contributed by atoms with Crippen LogP contribution < -0.4 is 11.1 Å². The normalized spacial score (nSPS) is 11.6. The van der Waals surface area contributed by atoms with Crippen molar-refractivity contribution in [3.05, 3.63) is 48.2 Å². The highest BCUT2D eigenvalue weighted by molar-refractivity contribution is 6.06. The number of nitrogens with zero attached hydrogens (tertiary/aromatic N) is 3. The van der Waals surface area contributed by atoms with Crippen molar-refractivity contribution in [1.29, 1.82) is 0 Å². The molecule has 0 radical (unpaired) electrons. The fourth-order valence-corrected chi connectivity index (χ4v) is 2.70. The maximum Gasteiger partial charge on any atom is 0.252 e. The molecular weight excluding hydrogens is 385 g/mol. The summed E-state index contributed by atoms with van der Waals surface area (Å²) in [5, 5.41) is 8.09. The van der Waals surface area contributed by atoms with Crippen LogP contribution in [0.25, 0.3) is 22.3 Å². The molecule has 3 N–H and O–H groups in total. The minimum absolute atomic E-state index is 0. The van der Waals surface area contributed by atoms with Crippen LogP contribution in [-0.2, 0) is 0 Å². The highest BCUT2D eigenvalue weighted by Crippen LogP contribution is 2.26. The van der Waals surface area contributed by atoms with E-state index < -0.39 is 0 Å². The number of carbonyl (C=O) groups is 1. The van der Waals surface area contributed by atoms with E-state index in [1.165, 1.54) is 0 Å². The first kappa shape index (κ1) is 22.9. The number of carbonyl (C=O) groups excluding carboxylic acids is 1. The van der Waals surface area contributed by atoms with Crippen molar-refractivity contribution >= 4 is 41.8 Å². The third-order valence-corrected chi connectivity index (χ3v) is 4.10. The topological polar surface area (TPSA) is 85.8 Å². The molecule has 0 aliphatic carbocycles. The Bertz CT molecular complexity index is 896. The summed E-state index contributed by atoms with van der Waals surface area (Å²) < 4.78 is 1.84. The Balaban J connectivity index is 0.00000182. The molecule has 3 rings (SSSR count). The molecule has 1 amide bonds. The van der Waals surface area contributed by atoms with E-state index in [9.17, 15) is 4.79 Å². The Kier molecular flexibility index (Phi) is 8.21. The van der Waals surface area contributed by atoms with Crippen molar-refractivity contribution in [2.24, 2.45) is 5.73 Å². The van der Waals surface area contributed by atoms with E-state index in [2.05, 4.69) is 10.4 Å². The molecule has 6 nitrogen and oxygen atoms in total. The van der Waals surface area contributed by atoms with Crippen LogP contribution in [0.15, 0.2) is 42.6 Å². The lowest BCUT2D eigenvalue weighted by Crippen LogP contribution is -2.37. The molecule has 3 aromatic rings. The van der Waals surface area contributed by atoms with Gasteiger partial charge >= 0.3 is 0 Å². The van der Waals surface area contributed by atoms with Gasteiger partial charge in [0.15, 0.2) is 5.65 Å². The van der Waals surface area contributed by atoms with Crippen LogP contribution in [0.5, 0.6) is 0 Å². The number of hydrogen-bond donors (Lipinski definition) is 2. The Morgan fingerprint density at radius 3 is 2.44 bits per heavy atom. The zero-order valence-corrected chi connectivity index (χ0v) is 17.2. The van der Waals surface area contributed by atoms with Crippen LogP contribution in [-0.4, -0.2) is 33.3 Å². The van der Waals surface area contributed by atoms with Crippen molar-refractivity contribution in [1.82, 2.24) is 20.1 Å². The van der Waals surface area contributed by atoms with Crippen LogP contribution in [0.3, 0.4) is 0 Å². The van der Waals surface area contributed by atoms with Gasteiger partial charge in [-0.2, -0.15) is 5.10 Å². The Morgan fingerprint density at radius 1 is 1.19 bits per heavy atom. The van der Waals surface area contributed by atoms with Gasteiger partial charge in [0, 0.05) is 24.2 Å². The fourth-order valence-electron chi connectivity index (χ4n) is 2.70. The van der Waals surface area contributed by atoms with E-state index in [0.717, 1.165) is 16.6 Å². The Morgan fingerprint density at radius 2 is 1.85 bits per heavy atom. The predicted octanol–water partition coefficient (Wildman–Crippen LogP) is 3.60. The van der Waals surface area contributed by atoms with Crippen LogP contribution in [0.1, 0.15) is 37.2 Å². The molecule has 8 heteroatoms. The van der Waals surface area contributed by atoms with E-state index in [0.29, 0.717) is 17.8 Å². The average Bonchev–Trinajstić information content (AvgIpc) is 3.05. The Hall–Kier alpha value is -2.15. The fraction of sp³-hybridized carbons (Fsp3) is 0.316. The number of rotatable bonds is 5. The van der Waals surface area contributed by atoms with Gasteiger partial charge in [0.25, 0.3) is 5.91 Å². The summed E-state index contributed by atoms with van der Waals surface area (Å²) in [6.45, 7) is 6.35. The number of pyridine rings is 1. The maximum absolute atomic E-state index is 12.8. The van der Waals surface area contributed by atoms with Gasteiger partial charge in [-0.15, -0.1) is 24.8 Å². The number of fused-ring (bicyclic) bond motifs is 1. The number of halogens is 2. The zero-order valence-electron chi connectivity index (χ0n) is 15.5. The standard InChI is InChI=1S/C19H23N5O.2ClH/c1-12(2)24-18-16(11-21-24)15(19(25)22-13(3)10-20)9-17(23-18)14-7-5-4-6-8-14;;/h4-9,11-13H,10,20H2,1-3H3,(H,22,25);2*1H/t13-;;/m0../s1. The molecule has 146 valence electrons. The smallest absolute Gasteiger partial charge is 0.252 e. The van der Waals surface area contributed by atoms with Crippen molar-refractivity contribution in [3.63, 3.8) is 0 Å². The van der Waals surface area contributed by atoms with E-state index in [1.807, 2.05) is 61.9 Å². The third-order valence-electron chi connectivity index (χ3n) is 4.10. The van der Waals surface area contributed by atoms with Gasteiger partial charge in [-0.05, 0) is 26.8 Å². The lowest BCUT2D eigenvalue weighted by Gasteiger charge is -2.13. The first-order valence-electron chi connectivity index (χ1n) is 8.46. The lowest BCUT2D eigenvalue weighted by molar-refractivity contribution is 0.0943. The first-order valence-corrected chi connectivity index (χ1v) is 8.46. The van der Waals surface area contributed by atoms with E-state index in [-0.39, 0.29) is 42.8 Å². The Labute approximate surface area is 171 Å². The molecule has 2 heterocycles. The van der Waals surface area contributed by atoms with Gasteiger partial charge in [0.2, 0.25) is 0 Å². The summed E-state index contributed by atoms with van der Waals surface area (Å²) in [6, 6.07) is 11.7. The van der Waals surface area contributed by atoms with Crippen molar-refractivity contribution in [3.8, 4) is 11.3 Å². The molecule has 0 spiro atoms. The SMILES string of the molecule is CC(C)n1ncc2c(C(=O)N[C@@H](C)CN)cc(-c3ccccc3)nc21.Cl.Cl. The molecule has 0 saturated carbocycles. The molecular formula is C19H25Cl2N5O. The van der Waals surface area contributed by atoms with Crippen LogP contribution in [0, 0.1) is 0 Å². The monoisotopic (exact) mass is 409 g/mol. The van der Waals surface area contributed by atoms with Crippen LogP contribution >= 0.6 is 24.8 Å². The number of nitrogens with two attached hydrogens (primary N) is 1. The van der Waals surface area contributed by atoms with Crippen molar-refractivity contribution < 1.29 is 4.79 Å². The van der Waals surface area contributed by atoms with Crippen LogP contribution in [0.2, 0.25) is 0 Å². The number of benzene rings is 1. The summed E-state index contributed by atoms with van der Waals surface area (Å²) in [5.41, 5.74) is 8.62. The number of nitrogens with one attached hydrogen (secondary N) is 1. The van der Waals surface area contributed by atoms with Crippen LogP contribution in [0.4, 0.5) is 0 Å². The van der Waals surface area contributed by atoms with Gasteiger partial charge in [-0.3, -0.25) is 4.79 Å². The van der Waals surface area contributed by atoms with Gasteiger partial charge in [-0.1, -0.05) is 30.3 Å². The van der Waals surface area contributed by atoms with Crippen molar-refractivity contribution in [2.75, 3.05) is 6.54 Å². The lowest BCUT2D eigenvalue weighted by atomic mass is 10.1. The zero-order chi connectivity index (χ0) is 18.0. The summed E-state index contributed by atoms with van der Waals surface area (Å²) in [7, 11) is 0. The summed E-state index contributed by atoms with van der Waals surface area (Å²) in [5.74, 6) is -0.161. The van der Waals surface area contributed by atoms with Gasteiger partial charge in [0.05, 0.1) is 22.8 Å². The second kappa shape index (κ2) is 9.69. The highest BCUT2D eigenvalue weighted by atomic mass is 35.5. The number of hydrogen-bond acceptors (Lipinski definition) is 4. The maximum atomic E-state index is 12.8. The minimum Gasteiger partial charge on any atom is -0.348 e. The average molecular weight is 410 g/mol. The van der Waals surface area contributed by atoms with E-state index in [1.54, 1.807) is 6.20 Å². The van der Waals surface area contributed by atoms with Gasteiger partial charge in [0.1, 0.15) is 0 Å². The second-order valence-electron chi connectivity index (χ2n) is 6.45. The molecule has 0 unspecified atom stereocenters. The van der Waals surface area contributed by atoms with E-state index >= 15 is 0 Å². The highest BCUT2D eigenvalue weighted by Gasteiger charge is 2.19. The molecule has 2 aromatic heterocycles. The molecule has 1 atom stereocenters. The van der Waals surface area contributed by atoms with Gasteiger partial charge < -0.3 is 11.1 Å². The molecule has 0 fully saturated rings. The summed E-state index contributed by atoms with van der Waals surface area (Å²) >= 11 is 0. The largest absolute Gasteiger partial charge is 0.348 e. The second-order valence-corrected chi connectivity index (χ2v) is 6.45. The molecule has 1 aromatic carbocycles. The molecule has 0 saturated heterocycles.